The number of hydrogen-bond acceptors (Lipinski definition) is 5. The van der Waals surface area contributed by atoms with E-state index in [-0.39, 0.29) is 28.8 Å². The van der Waals surface area contributed by atoms with Crippen LogP contribution in [0.3, 0.4) is 0 Å². The van der Waals surface area contributed by atoms with Gasteiger partial charge in [0.05, 0.1) is 33.9 Å². The Balaban J connectivity index is 1.82. The Hall–Kier alpha value is -2.74. The third-order valence-electron chi connectivity index (χ3n) is 6.45. The molecule has 0 spiro atoms. The highest BCUT2D eigenvalue weighted by molar-refractivity contribution is 6.00. The molecular formula is C23H30FN5O2. The van der Waals surface area contributed by atoms with E-state index < -0.39 is 11.7 Å². The summed E-state index contributed by atoms with van der Waals surface area (Å²) in [5, 5.41) is 7.83. The lowest BCUT2D eigenvalue weighted by atomic mass is 9.75. The van der Waals surface area contributed by atoms with Crippen molar-refractivity contribution in [2.24, 2.45) is 16.9 Å². The first kappa shape index (κ1) is 21.5. The number of benzene rings is 1. The third kappa shape index (κ3) is 3.96. The maximum absolute atomic E-state index is 15.1. The summed E-state index contributed by atoms with van der Waals surface area (Å²) >= 11 is 0. The number of amides is 1. The minimum absolute atomic E-state index is 0.0516. The van der Waals surface area contributed by atoms with E-state index in [0.29, 0.717) is 35.5 Å². The lowest BCUT2D eigenvalue weighted by molar-refractivity contribution is 0.0909. The van der Waals surface area contributed by atoms with Crippen molar-refractivity contribution in [2.75, 3.05) is 5.32 Å². The molecule has 5 N–H and O–H groups in total. The van der Waals surface area contributed by atoms with Gasteiger partial charge in [0, 0.05) is 24.6 Å². The standard InChI is InChI=1S/C23H30FN5O2/c1-12-20-18(10-23(2,3)11-19(20)30)29(28-12)13-8-14(24)21(22(26)31)17(9-13)27-16-7-5-4-6-15(16)25/h8-9,15-16,27H,4-7,10-11,25H2,1-3H3,(H2,26,31). The van der Waals surface area contributed by atoms with Crippen LogP contribution in [-0.2, 0) is 6.42 Å². The van der Waals surface area contributed by atoms with Crippen LogP contribution in [-0.4, -0.2) is 33.6 Å². The zero-order valence-electron chi connectivity index (χ0n) is 18.3. The molecule has 7 nitrogen and oxygen atoms in total. The van der Waals surface area contributed by atoms with Crippen LogP contribution in [0.25, 0.3) is 5.69 Å². The van der Waals surface area contributed by atoms with Crippen LogP contribution in [0.2, 0.25) is 0 Å². The fraction of sp³-hybridized carbons (Fsp3) is 0.522. The van der Waals surface area contributed by atoms with Gasteiger partial charge in [0.1, 0.15) is 5.82 Å². The van der Waals surface area contributed by atoms with Crippen LogP contribution in [0.1, 0.15) is 78.1 Å². The summed E-state index contributed by atoms with van der Waals surface area (Å²) in [5.74, 6) is -1.51. The summed E-state index contributed by atoms with van der Waals surface area (Å²) in [6.45, 7) is 5.86. The van der Waals surface area contributed by atoms with E-state index in [0.717, 1.165) is 31.4 Å². The first-order chi connectivity index (χ1) is 14.6. The number of nitrogens with zero attached hydrogens (tertiary/aromatic N) is 2. The van der Waals surface area contributed by atoms with Gasteiger partial charge in [0.25, 0.3) is 5.91 Å². The average molecular weight is 428 g/mol. The van der Waals surface area contributed by atoms with E-state index in [1.165, 1.54) is 6.07 Å². The van der Waals surface area contributed by atoms with Crippen molar-refractivity contribution in [3.05, 3.63) is 40.5 Å². The van der Waals surface area contributed by atoms with Crippen molar-refractivity contribution in [3.63, 3.8) is 0 Å². The summed E-state index contributed by atoms with van der Waals surface area (Å²) in [4.78, 5) is 24.8. The van der Waals surface area contributed by atoms with Gasteiger partial charge in [-0.05, 0) is 37.7 Å². The molecule has 1 heterocycles. The highest BCUT2D eigenvalue weighted by Crippen LogP contribution is 2.37. The fourth-order valence-corrected chi connectivity index (χ4v) is 4.97. The Morgan fingerprint density at radius 2 is 1.97 bits per heavy atom. The summed E-state index contributed by atoms with van der Waals surface area (Å²) in [6.07, 6.45) is 4.87. The monoisotopic (exact) mass is 427 g/mol. The second-order valence-corrected chi connectivity index (χ2v) is 9.67. The quantitative estimate of drug-likeness (QED) is 0.693. The van der Waals surface area contributed by atoms with Crippen molar-refractivity contribution in [1.82, 2.24) is 9.78 Å². The molecule has 2 unspecified atom stereocenters. The molecule has 0 bridgehead atoms. The van der Waals surface area contributed by atoms with Gasteiger partial charge in [-0.25, -0.2) is 9.07 Å². The van der Waals surface area contributed by atoms with Gasteiger partial charge in [0.2, 0.25) is 0 Å². The van der Waals surface area contributed by atoms with Crippen LogP contribution in [0, 0.1) is 18.2 Å². The summed E-state index contributed by atoms with van der Waals surface area (Å²) in [5.41, 5.74) is 14.1. The van der Waals surface area contributed by atoms with Crippen molar-refractivity contribution in [1.29, 1.82) is 0 Å². The van der Waals surface area contributed by atoms with E-state index in [1.54, 1.807) is 17.7 Å². The molecule has 2 aliphatic rings. The Labute approximate surface area is 181 Å². The van der Waals surface area contributed by atoms with Crippen LogP contribution in [0.15, 0.2) is 12.1 Å². The molecule has 2 aromatic rings. The Morgan fingerprint density at radius 1 is 1.26 bits per heavy atom. The second-order valence-electron chi connectivity index (χ2n) is 9.67. The third-order valence-corrected chi connectivity index (χ3v) is 6.45. The SMILES string of the molecule is Cc1nn(-c2cc(F)c(C(N)=O)c(NC3CCCCC3N)c2)c2c1C(=O)CC(C)(C)C2. The molecule has 1 aromatic heterocycles. The number of nitrogens with one attached hydrogen (secondary N) is 1. The number of Topliss-reactive ketones (excluding diaryl/α,β-unsaturated/α-hetero) is 1. The maximum atomic E-state index is 15.1. The molecule has 1 aromatic carbocycles. The number of aryl methyl sites for hydroxylation is 1. The van der Waals surface area contributed by atoms with E-state index in [4.69, 9.17) is 11.5 Å². The van der Waals surface area contributed by atoms with Crippen LogP contribution in [0.5, 0.6) is 0 Å². The number of carbonyl (C=O) groups excluding carboxylic acids is 2. The van der Waals surface area contributed by atoms with Crippen molar-refractivity contribution >= 4 is 17.4 Å². The zero-order valence-corrected chi connectivity index (χ0v) is 18.3. The van der Waals surface area contributed by atoms with Gasteiger partial charge in [-0.2, -0.15) is 5.10 Å². The molecule has 1 saturated carbocycles. The van der Waals surface area contributed by atoms with Crippen LogP contribution >= 0.6 is 0 Å². The number of nitrogens with two attached hydrogens (primary N) is 2. The van der Waals surface area contributed by atoms with Gasteiger partial charge >= 0.3 is 0 Å². The highest BCUT2D eigenvalue weighted by atomic mass is 19.1. The molecular weight excluding hydrogens is 397 g/mol. The van der Waals surface area contributed by atoms with Crippen molar-refractivity contribution in [3.8, 4) is 5.69 Å². The van der Waals surface area contributed by atoms with Gasteiger partial charge < -0.3 is 16.8 Å². The average Bonchev–Trinajstić information content (AvgIpc) is 2.98. The lowest BCUT2D eigenvalue weighted by Crippen LogP contribution is -2.43. The number of anilines is 1. The molecule has 2 aliphatic carbocycles. The molecule has 2 atom stereocenters. The fourth-order valence-electron chi connectivity index (χ4n) is 4.97. The largest absolute Gasteiger partial charge is 0.380 e. The highest BCUT2D eigenvalue weighted by Gasteiger charge is 2.36. The zero-order chi connectivity index (χ0) is 22.5. The number of ketones is 1. The minimum atomic E-state index is -0.842. The topological polar surface area (TPSA) is 116 Å². The summed E-state index contributed by atoms with van der Waals surface area (Å²) in [6, 6.07) is 2.78. The predicted molar refractivity (Wildman–Crippen MR) is 117 cm³/mol. The second kappa shape index (κ2) is 7.75. The molecule has 1 amide bonds. The number of rotatable bonds is 4. The van der Waals surface area contributed by atoms with Crippen molar-refractivity contribution < 1.29 is 14.0 Å². The number of hydrogen-bond donors (Lipinski definition) is 3. The van der Waals surface area contributed by atoms with Gasteiger partial charge in [-0.15, -0.1) is 0 Å². The summed E-state index contributed by atoms with van der Waals surface area (Å²) < 4.78 is 16.7. The van der Waals surface area contributed by atoms with Crippen LogP contribution < -0.4 is 16.8 Å². The first-order valence-corrected chi connectivity index (χ1v) is 10.8. The van der Waals surface area contributed by atoms with Gasteiger partial charge in [-0.1, -0.05) is 26.7 Å². The van der Waals surface area contributed by atoms with E-state index >= 15 is 4.39 Å². The van der Waals surface area contributed by atoms with Crippen LogP contribution in [0.4, 0.5) is 10.1 Å². The maximum Gasteiger partial charge on any atom is 0.253 e. The molecule has 166 valence electrons. The predicted octanol–water partition coefficient (Wildman–Crippen LogP) is 3.26. The van der Waals surface area contributed by atoms with E-state index in [2.05, 4.69) is 10.4 Å². The molecule has 4 rings (SSSR count). The minimum Gasteiger partial charge on any atom is -0.380 e. The number of carbonyl (C=O) groups is 2. The summed E-state index contributed by atoms with van der Waals surface area (Å²) in [7, 11) is 0. The Bertz CT molecular complexity index is 1060. The molecule has 0 saturated heterocycles. The molecule has 31 heavy (non-hydrogen) atoms. The number of halogens is 1. The Kier molecular flexibility index (Phi) is 5.37. The van der Waals surface area contributed by atoms with E-state index in [9.17, 15) is 9.59 Å². The lowest BCUT2D eigenvalue weighted by Gasteiger charge is -2.31. The molecule has 0 aliphatic heterocycles. The van der Waals surface area contributed by atoms with E-state index in [1.807, 2.05) is 13.8 Å². The normalized spacial score (nSPS) is 22.8. The van der Waals surface area contributed by atoms with Gasteiger partial charge in [-0.3, -0.25) is 9.59 Å². The number of fused-ring (bicyclic) bond motifs is 1. The van der Waals surface area contributed by atoms with Gasteiger partial charge in [0.15, 0.2) is 5.78 Å². The van der Waals surface area contributed by atoms with Crippen molar-refractivity contribution in [2.45, 2.75) is 71.4 Å². The first-order valence-electron chi connectivity index (χ1n) is 10.8. The number of aromatic nitrogens is 2. The molecule has 8 heteroatoms. The Morgan fingerprint density at radius 3 is 2.65 bits per heavy atom. The molecule has 0 radical (unpaired) electrons. The number of primary amides is 1. The smallest absolute Gasteiger partial charge is 0.253 e. The molecule has 1 fully saturated rings.